The summed E-state index contributed by atoms with van der Waals surface area (Å²) < 4.78 is 3.13. The van der Waals surface area contributed by atoms with Crippen molar-refractivity contribution in [2.75, 3.05) is 26.3 Å². The van der Waals surface area contributed by atoms with E-state index in [4.69, 9.17) is 39.5 Å². The molecule has 0 bridgehead atoms. The molecule has 1 fully saturated rings. The predicted octanol–water partition coefficient (Wildman–Crippen LogP) is 0.717. The Balaban J connectivity index is 2.40. The zero-order valence-corrected chi connectivity index (χ0v) is 10.0. The molecular formula is C7H11Cl3N2O3. The highest BCUT2D eigenvalue weighted by atomic mass is 35.6. The number of halogens is 3. The number of urea groups is 1. The number of morpholine rings is 1. The molecule has 2 N–H and O–H groups in total. The fraction of sp³-hybridized carbons (Fsp3) is 0.857. The van der Waals surface area contributed by atoms with Gasteiger partial charge in [0.05, 0.1) is 13.2 Å². The van der Waals surface area contributed by atoms with Crippen LogP contribution in [0.2, 0.25) is 0 Å². The minimum absolute atomic E-state index is 0.457. The molecule has 1 aliphatic rings. The average molecular weight is 278 g/mol. The molecule has 0 aromatic carbocycles. The monoisotopic (exact) mass is 276 g/mol. The van der Waals surface area contributed by atoms with Gasteiger partial charge in [0.2, 0.25) is 3.79 Å². The van der Waals surface area contributed by atoms with Crippen LogP contribution >= 0.6 is 34.8 Å². The van der Waals surface area contributed by atoms with Gasteiger partial charge in [-0.1, -0.05) is 34.8 Å². The maximum atomic E-state index is 11.5. The van der Waals surface area contributed by atoms with Crippen molar-refractivity contribution in [2.45, 2.75) is 10.0 Å². The normalized spacial score (nSPS) is 19.9. The van der Waals surface area contributed by atoms with Crippen molar-refractivity contribution in [3.8, 4) is 0 Å². The molecule has 0 aromatic heterocycles. The number of aliphatic hydroxyl groups excluding tert-OH is 1. The molecule has 1 atom stereocenters. The lowest BCUT2D eigenvalue weighted by atomic mass is 10.4. The van der Waals surface area contributed by atoms with Crippen LogP contribution in [0.5, 0.6) is 0 Å². The Bertz CT molecular complexity index is 228. The van der Waals surface area contributed by atoms with Crippen LogP contribution in [0.1, 0.15) is 0 Å². The SMILES string of the molecule is O=C(N[C@@H](O)C(Cl)(Cl)Cl)N1CCOCC1. The highest BCUT2D eigenvalue weighted by Crippen LogP contribution is 2.28. The van der Waals surface area contributed by atoms with Crippen molar-refractivity contribution in [1.82, 2.24) is 10.2 Å². The minimum atomic E-state index is -1.93. The van der Waals surface area contributed by atoms with Gasteiger partial charge in [0.25, 0.3) is 0 Å². The van der Waals surface area contributed by atoms with Gasteiger partial charge in [0, 0.05) is 13.1 Å². The fourth-order valence-electron chi connectivity index (χ4n) is 1.06. The molecule has 1 heterocycles. The van der Waals surface area contributed by atoms with Crippen molar-refractivity contribution >= 4 is 40.8 Å². The molecule has 0 saturated carbocycles. The van der Waals surface area contributed by atoms with Crippen molar-refractivity contribution in [3.05, 3.63) is 0 Å². The summed E-state index contributed by atoms with van der Waals surface area (Å²) in [7, 11) is 0. The van der Waals surface area contributed by atoms with E-state index in [0.717, 1.165) is 0 Å². The van der Waals surface area contributed by atoms with Crippen LogP contribution in [0.15, 0.2) is 0 Å². The number of aliphatic hydroxyl groups is 1. The maximum Gasteiger partial charge on any atom is 0.319 e. The molecule has 0 spiro atoms. The molecule has 0 radical (unpaired) electrons. The van der Waals surface area contributed by atoms with E-state index >= 15 is 0 Å². The third kappa shape index (κ3) is 4.20. The van der Waals surface area contributed by atoms with E-state index in [-0.39, 0.29) is 0 Å². The van der Waals surface area contributed by atoms with Crippen LogP contribution in [-0.2, 0) is 4.74 Å². The van der Waals surface area contributed by atoms with Crippen molar-refractivity contribution < 1.29 is 14.6 Å². The highest BCUT2D eigenvalue weighted by Gasteiger charge is 2.33. The summed E-state index contributed by atoms with van der Waals surface area (Å²) >= 11 is 16.2. The molecule has 2 amide bonds. The predicted molar refractivity (Wildman–Crippen MR) is 57.2 cm³/mol. The summed E-state index contributed by atoms with van der Waals surface area (Å²) in [5.41, 5.74) is 0. The largest absolute Gasteiger partial charge is 0.378 e. The second-order valence-corrected chi connectivity index (χ2v) is 5.36. The van der Waals surface area contributed by atoms with Crippen LogP contribution in [-0.4, -0.2) is 52.4 Å². The smallest absolute Gasteiger partial charge is 0.319 e. The van der Waals surface area contributed by atoms with Gasteiger partial charge in [-0.15, -0.1) is 0 Å². The number of nitrogens with zero attached hydrogens (tertiary/aromatic N) is 1. The van der Waals surface area contributed by atoms with E-state index in [2.05, 4.69) is 5.32 Å². The standard InChI is InChI=1S/C7H11Cl3N2O3/c8-7(9,10)5(13)11-6(14)12-1-3-15-4-2-12/h5,13H,1-4H2,(H,11,14)/t5-/m0/s1. The van der Waals surface area contributed by atoms with Gasteiger partial charge in [-0.25, -0.2) is 4.79 Å². The molecule has 0 unspecified atom stereocenters. The van der Waals surface area contributed by atoms with E-state index in [0.29, 0.717) is 26.3 Å². The van der Waals surface area contributed by atoms with E-state index in [1.54, 1.807) is 0 Å². The molecule has 0 aliphatic carbocycles. The van der Waals surface area contributed by atoms with E-state index < -0.39 is 16.1 Å². The van der Waals surface area contributed by atoms with Gasteiger partial charge >= 0.3 is 6.03 Å². The Morgan fingerprint density at radius 2 is 1.93 bits per heavy atom. The first-order valence-electron chi connectivity index (χ1n) is 4.29. The Morgan fingerprint density at radius 3 is 2.40 bits per heavy atom. The van der Waals surface area contributed by atoms with Crippen LogP contribution in [0.25, 0.3) is 0 Å². The number of rotatable bonds is 1. The zero-order chi connectivity index (χ0) is 11.5. The van der Waals surface area contributed by atoms with Crippen LogP contribution in [0, 0.1) is 0 Å². The van der Waals surface area contributed by atoms with Gasteiger partial charge in [0.15, 0.2) is 6.23 Å². The van der Waals surface area contributed by atoms with Gasteiger partial charge in [-0.3, -0.25) is 0 Å². The van der Waals surface area contributed by atoms with E-state index in [1.807, 2.05) is 0 Å². The first-order valence-corrected chi connectivity index (χ1v) is 5.42. The average Bonchev–Trinajstić information content (AvgIpc) is 2.17. The van der Waals surface area contributed by atoms with Crippen LogP contribution in [0.3, 0.4) is 0 Å². The van der Waals surface area contributed by atoms with Crippen molar-refractivity contribution in [1.29, 1.82) is 0 Å². The molecule has 0 aromatic rings. The first kappa shape index (κ1) is 13.1. The number of carbonyl (C=O) groups excluding carboxylic acids is 1. The fourth-order valence-corrected chi connectivity index (χ4v) is 1.22. The van der Waals surface area contributed by atoms with E-state index in [1.165, 1.54) is 4.90 Å². The summed E-state index contributed by atoms with van der Waals surface area (Å²) in [6.45, 7) is 1.85. The lowest BCUT2D eigenvalue weighted by Crippen LogP contribution is -2.52. The number of carbonyl (C=O) groups is 1. The molecule has 1 aliphatic heterocycles. The van der Waals surface area contributed by atoms with Gasteiger partial charge < -0.3 is 20.1 Å². The number of alkyl halides is 3. The van der Waals surface area contributed by atoms with Crippen molar-refractivity contribution in [3.63, 3.8) is 0 Å². The summed E-state index contributed by atoms with van der Waals surface area (Å²) in [4.78, 5) is 13.0. The summed E-state index contributed by atoms with van der Waals surface area (Å²) in [5, 5.41) is 11.5. The quantitative estimate of drug-likeness (QED) is 0.548. The Labute approximate surface area is 102 Å². The molecular weight excluding hydrogens is 266 g/mol. The summed E-state index contributed by atoms with van der Waals surface area (Å²) in [6.07, 6.45) is -1.53. The van der Waals surface area contributed by atoms with E-state index in [9.17, 15) is 9.90 Å². The Morgan fingerprint density at radius 1 is 1.40 bits per heavy atom. The molecule has 5 nitrogen and oxygen atoms in total. The summed E-state index contributed by atoms with van der Waals surface area (Å²) in [6, 6.07) is -0.475. The van der Waals surface area contributed by atoms with Gasteiger partial charge in [-0.2, -0.15) is 0 Å². The Kier molecular flexibility index (Phi) is 4.73. The second kappa shape index (κ2) is 5.41. The maximum absolute atomic E-state index is 11.5. The first-order chi connectivity index (χ1) is 6.91. The van der Waals surface area contributed by atoms with Crippen molar-refractivity contribution in [2.24, 2.45) is 0 Å². The minimum Gasteiger partial charge on any atom is -0.378 e. The van der Waals surface area contributed by atoms with Crippen LogP contribution < -0.4 is 5.32 Å². The molecule has 1 rings (SSSR count). The lowest BCUT2D eigenvalue weighted by molar-refractivity contribution is 0.0471. The number of hydrogen-bond donors (Lipinski definition) is 2. The van der Waals surface area contributed by atoms with Gasteiger partial charge in [0.1, 0.15) is 0 Å². The third-order valence-corrected chi connectivity index (χ3v) is 2.49. The second-order valence-electron chi connectivity index (χ2n) is 2.99. The molecule has 1 saturated heterocycles. The van der Waals surface area contributed by atoms with Gasteiger partial charge in [-0.05, 0) is 0 Å². The number of ether oxygens (including phenoxy) is 1. The Hall–Kier alpha value is 0.0600. The number of nitrogens with one attached hydrogen (secondary N) is 1. The lowest BCUT2D eigenvalue weighted by Gasteiger charge is -2.29. The molecule has 8 heteroatoms. The highest BCUT2D eigenvalue weighted by molar-refractivity contribution is 6.68. The number of amides is 2. The molecule has 15 heavy (non-hydrogen) atoms. The summed E-state index contributed by atoms with van der Waals surface area (Å²) in [5.74, 6) is 0. The van der Waals surface area contributed by atoms with Crippen LogP contribution in [0.4, 0.5) is 4.79 Å². The molecule has 88 valence electrons. The topological polar surface area (TPSA) is 61.8 Å². The zero-order valence-electron chi connectivity index (χ0n) is 7.75. The third-order valence-electron chi connectivity index (χ3n) is 1.87. The number of hydrogen-bond acceptors (Lipinski definition) is 3.